The quantitative estimate of drug-likeness (QED) is 0.150. The number of hydrogen-bond acceptors (Lipinski definition) is 1. The van der Waals surface area contributed by atoms with Crippen molar-refractivity contribution in [2.75, 3.05) is 4.90 Å². The van der Waals surface area contributed by atoms with Gasteiger partial charge >= 0.3 is 0 Å². The monoisotopic (exact) mass is 699 g/mol. The molecule has 1 nitrogen and oxygen atoms in total. The lowest BCUT2D eigenvalue weighted by atomic mass is 9.89. The highest BCUT2D eigenvalue weighted by atomic mass is 15.1. The third-order valence-corrected chi connectivity index (χ3v) is 10.9. The van der Waals surface area contributed by atoms with Crippen LogP contribution in [0.3, 0.4) is 0 Å². The van der Waals surface area contributed by atoms with E-state index in [1.807, 2.05) is 0 Å². The van der Waals surface area contributed by atoms with Crippen LogP contribution in [0.4, 0.5) is 17.1 Å². The third kappa shape index (κ3) is 6.02. The summed E-state index contributed by atoms with van der Waals surface area (Å²) in [5.74, 6) is 0. The zero-order chi connectivity index (χ0) is 36.6. The van der Waals surface area contributed by atoms with Crippen LogP contribution in [0.5, 0.6) is 0 Å². The summed E-state index contributed by atoms with van der Waals surface area (Å²) in [7, 11) is 0. The van der Waals surface area contributed by atoms with Crippen LogP contribution in [-0.4, -0.2) is 0 Å². The van der Waals surface area contributed by atoms with Gasteiger partial charge in [0.05, 0.1) is 0 Å². The lowest BCUT2D eigenvalue weighted by Crippen LogP contribution is -2.10. The van der Waals surface area contributed by atoms with Crippen LogP contribution in [0.25, 0.3) is 76.8 Å². The minimum Gasteiger partial charge on any atom is -0.310 e. The fourth-order valence-electron chi connectivity index (χ4n) is 8.19. The average Bonchev–Trinajstić information content (AvgIpc) is 3.27. The van der Waals surface area contributed by atoms with Crippen LogP contribution < -0.4 is 4.90 Å². The Labute approximate surface area is 322 Å². The highest BCUT2D eigenvalue weighted by Crippen LogP contribution is 2.44. The van der Waals surface area contributed by atoms with Gasteiger partial charge in [0.2, 0.25) is 0 Å². The van der Waals surface area contributed by atoms with Gasteiger partial charge in [-0.05, 0) is 113 Å². The van der Waals surface area contributed by atoms with E-state index in [1.54, 1.807) is 0 Å². The first-order chi connectivity index (χ1) is 27.3. The fourth-order valence-corrected chi connectivity index (χ4v) is 8.19. The Bertz CT molecular complexity index is 2950. The molecule has 0 radical (unpaired) electrons. The fraction of sp³-hybridized carbons (Fsp3) is 0. The number of hydrogen-bond donors (Lipinski definition) is 0. The molecule has 0 aliphatic rings. The number of anilines is 3. The zero-order valence-corrected chi connectivity index (χ0v) is 30.3. The minimum absolute atomic E-state index is 1.09. The standard InChI is InChI=1S/C54H37N/c1-4-14-38(15-5-1)40-26-29-44(30-27-40)55(45-22-12-21-43(36-45)39-16-6-2-7-17-39)46-31-33-53(54(37-46)41-18-8-3-9-19-41)49-25-13-24-48-51-32-28-42-20-10-11-23-47(42)50(51)34-35-52(48)49/h1-37H. The second-order valence-electron chi connectivity index (χ2n) is 14.1. The van der Waals surface area contributed by atoms with Crippen LogP contribution in [-0.2, 0) is 0 Å². The Morgan fingerprint density at radius 1 is 0.218 bits per heavy atom. The number of rotatable bonds is 7. The second kappa shape index (κ2) is 14.0. The largest absolute Gasteiger partial charge is 0.310 e. The minimum atomic E-state index is 1.09. The molecule has 0 amide bonds. The molecule has 0 aliphatic carbocycles. The Morgan fingerprint density at radius 2 is 0.727 bits per heavy atom. The van der Waals surface area contributed by atoms with Gasteiger partial charge in [0.1, 0.15) is 0 Å². The summed E-state index contributed by atoms with van der Waals surface area (Å²) >= 11 is 0. The smallest absolute Gasteiger partial charge is 0.0468 e. The molecule has 0 spiro atoms. The molecule has 10 aromatic rings. The average molecular weight is 700 g/mol. The van der Waals surface area contributed by atoms with Crippen LogP contribution in [0.1, 0.15) is 0 Å². The second-order valence-corrected chi connectivity index (χ2v) is 14.1. The zero-order valence-electron chi connectivity index (χ0n) is 30.3. The highest BCUT2D eigenvalue weighted by Gasteiger charge is 2.19. The molecule has 0 N–H and O–H groups in total. The number of nitrogens with zero attached hydrogens (tertiary/aromatic N) is 1. The molecular weight excluding hydrogens is 663 g/mol. The van der Waals surface area contributed by atoms with E-state index in [-0.39, 0.29) is 0 Å². The van der Waals surface area contributed by atoms with Crippen LogP contribution in [0.2, 0.25) is 0 Å². The molecular formula is C54H37N. The molecule has 1 heteroatoms. The molecule has 0 heterocycles. The Morgan fingerprint density at radius 3 is 1.49 bits per heavy atom. The van der Waals surface area contributed by atoms with Crippen molar-refractivity contribution in [1.29, 1.82) is 0 Å². The van der Waals surface area contributed by atoms with E-state index < -0.39 is 0 Å². The first-order valence-corrected chi connectivity index (χ1v) is 18.9. The Hall–Kier alpha value is -7.22. The van der Waals surface area contributed by atoms with Crippen molar-refractivity contribution >= 4 is 49.4 Å². The van der Waals surface area contributed by atoms with Gasteiger partial charge in [-0.1, -0.05) is 188 Å². The molecule has 0 atom stereocenters. The van der Waals surface area contributed by atoms with Crippen LogP contribution >= 0.6 is 0 Å². The van der Waals surface area contributed by atoms with Gasteiger partial charge in [-0.3, -0.25) is 0 Å². The molecule has 0 saturated carbocycles. The SMILES string of the molecule is c1ccc(-c2ccc(N(c3cccc(-c4ccccc4)c3)c3ccc(-c4cccc5c4ccc4c6ccccc6ccc54)c(-c4ccccc4)c3)cc2)cc1. The maximum absolute atomic E-state index is 2.39. The molecule has 0 aliphatic heterocycles. The van der Waals surface area contributed by atoms with Crippen molar-refractivity contribution < 1.29 is 0 Å². The molecule has 0 bridgehead atoms. The predicted octanol–water partition coefficient (Wildman–Crippen LogP) is 15.3. The molecule has 0 unspecified atom stereocenters. The topological polar surface area (TPSA) is 3.24 Å². The van der Waals surface area contributed by atoms with E-state index in [0.717, 1.165) is 17.1 Å². The van der Waals surface area contributed by atoms with Crippen molar-refractivity contribution in [2.24, 2.45) is 0 Å². The maximum Gasteiger partial charge on any atom is 0.0468 e. The molecule has 258 valence electrons. The molecule has 55 heavy (non-hydrogen) atoms. The summed E-state index contributed by atoms with van der Waals surface area (Å²) in [6.45, 7) is 0. The van der Waals surface area contributed by atoms with Gasteiger partial charge in [0.15, 0.2) is 0 Å². The number of benzene rings is 10. The van der Waals surface area contributed by atoms with E-state index in [9.17, 15) is 0 Å². The molecule has 0 aromatic heterocycles. The first-order valence-electron chi connectivity index (χ1n) is 18.9. The Kier molecular flexibility index (Phi) is 8.24. The Balaban J connectivity index is 1.16. The molecule has 10 aromatic carbocycles. The van der Waals surface area contributed by atoms with Gasteiger partial charge in [0, 0.05) is 17.1 Å². The van der Waals surface area contributed by atoms with Crippen molar-refractivity contribution in [3.63, 3.8) is 0 Å². The molecule has 10 rings (SSSR count). The van der Waals surface area contributed by atoms with Crippen molar-refractivity contribution in [3.05, 3.63) is 224 Å². The van der Waals surface area contributed by atoms with E-state index in [1.165, 1.54) is 76.8 Å². The summed E-state index contributed by atoms with van der Waals surface area (Å²) < 4.78 is 0. The lowest BCUT2D eigenvalue weighted by Gasteiger charge is -2.27. The van der Waals surface area contributed by atoms with E-state index in [2.05, 4.69) is 229 Å². The lowest BCUT2D eigenvalue weighted by molar-refractivity contribution is 1.28. The normalized spacial score (nSPS) is 11.3. The van der Waals surface area contributed by atoms with Gasteiger partial charge in [-0.25, -0.2) is 0 Å². The van der Waals surface area contributed by atoms with Crippen LogP contribution in [0, 0.1) is 0 Å². The summed E-state index contributed by atoms with van der Waals surface area (Å²) in [5.41, 5.74) is 12.9. The van der Waals surface area contributed by atoms with E-state index in [0.29, 0.717) is 0 Å². The van der Waals surface area contributed by atoms with E-state index >= 15 is 0 Å². The summed E-state index contributed by atoms with van der Waals surface area (Å²) in [6.07, 6.45) is 0. The van der Waals surface area contributed by atoms with Crippen molar-refractivity contribution in [2.45, 2.75) is 0 Å². The summed E-state index contributed by atoms with van der Waals surface area (Å²) in [6, 6.07) is 81.4. The van der Waals surface area contributed by atoms with Gasteiger partial charge in [-0.2, -0.15) is 0 Å². The molecule has 0 saturated heterocycles. The van der Waals surface area contributed by atoms with Gasteiger partial charge in [0.25, 0.3) is 0 Å². The number of fused-ring (bicyclic) bond motifs is 5. The van der Waals surface area contributed by atoms with Crippen molar-refractivity contribution in [3.8, 4) is 44.5 Å². The molecule has 0 fully saturated rings. The van der Waals surface area contributed by atoms with Gasteiger partial charge in [-0.15, -0.1) is 0 Å². The van der Waals surface area contributed by atoms with Gasteiger partial charge < -0.3 is 4.90 Å². The van der Waals surface area contributed by atoms with Crippen LogP contribution in [0.15, 0.2) is 224 Å². The predicted molar refractivity (Wildman–Crippen MR) is 235 cm³/mol. The third-order valence-electron chi connectivity index (χ3n) is 10.9. The summed E-state index contributed by atoms with van der Waals surface area (Å²) in [5, 5.41) is 7.63. The first kappa shape index (κ1) is 32.4. The summed E-state index contributed by atoms with van der Waals surface area (Å²) in [4.78, 5) is 2.39. The van der Waals surface area contributed by atoms with Crippen molar-refractivity contribution in [1.82, 2.24) is 0 Å². The highest BCUT2D eigenvalue weighted by molar-refractivity contribution is 6.19. The maximum atomic E-state index is 2.39. The van der Waals surface area contributed by atoms with E-state index in [4.69, 9.17) is 0 Å².